The van der Waals surface area contributed by atoms with Crippen molar-refractivity contribution in [3.8, 4) is 5.75 Å². The van der Waals surface area contributed by atoms with Crippen LogP contribution in [0, 0.1) is 5.92 Å². The van der Waals surface area contributed by atoms with Gasteiger partial charge in [-0.05, 0) is 37.0 Å². The Morgan fingerprint density at radius 3 is 2.85 bits per heavy atom. The van der Waals surface area contributed by atoms with E-state index in [4.69, 9.17) is 4.74 Å². The molecule has 0 spiro atoms. The highest BCUT2D eigenvalue weighted by Crippen LogP contribution is 2.27. The number of hydrogen-bond acceptors (Lipinski definition) is 2. The van der Waals surface area contributed by atoms with Crippen molar-refractivity contribution in [1.82, 2.24) is 4.90 Å². The molecule has 1 saturated carbocycles. The van der Waals surface area contributed by atoms with Crippen molar-refractivity contribution < 1.29 is 9.53 Å². The van der Waals surface area contributed by atoms with E-state index in [9.17, 15) is 4.79 Å². The lowest BCUT2D eigenvalue weighted by Gasteiger charge is -2.36. The molecule has 0 radical (unpaired) electrons. The lowest BCUT2D eigenvalue weighted by atomic mass is 9.85. The van der Waals surface area contributed by atoms with Gasteiger partial charge in [-0.25, -0.2) is 0 Å². The zero-order valence-electron chi connectivity index (χ0n) is 12.1. The summed E-state index contributed by atoms with van der Waals surface area (Å²) < 4.78 is 6.53. The van der Waals surface area contributed by atoms with Gasteiger partial charge >= 0.3 is 0 Å². The standard InChI is InChI=1S/C16H22BrNO2/c1-12-6-3-4-9-15(12)18(2)16(19)11-20-14-8-5-7-13(17)10-14/h5,7-8,10,12,15H,3-4,6,9,11H2,1-2H3. The fourth-order valence-electron chi connectivity index (χ4n) is 2.86. The van der Waals surface area contributed by atoms with Crippen LogP contribution in [0.2, 0.25) is 0 Å². The van der Waals surface area contributed by atoms with Crippen molar-refractivity contribution >= 4 is 21.8 Å². The van der Waals surface area contributed by atoms with Crippen LogP contribution >= 0.6 is 15.9 Å². The topological polar surface area (TPSA) is 29.5 Å². The molecule has 0 aliphatic heterocycles. The Hall–Kier alpha value is -1.03. The first-order valence-electron chi connectivity index (χ1n) is 7.22. The molecular formula is C16H22BrNO2. The number of rotatable bonds is 4. The molecule has 110 valence electrons. The number of carbonyl (C=O) groups is 1. The van der Waals surface area contributed by atoms with Gasteiger partial charge in [-0.15, -0.1) is 0 Å². The molecular weight excluding hydrogens is 318 g/mol. The van der Waals surface area contributed by atoms with Crippen LogP contribution in [-0.2, 0) is 4.79 Å². The van der Waals surface area contributed by atoms with Gasteiger partial charge in [-0.3, -0.25) is 4.79 Å². The van der Waals surface area contributed by atoms with Gasteiger partial charge < -0.3 is 9.64 Å². The van der Waals surface area contributed by atoms with Gasteiger partial charge in [0.25, 0.3) is 5.91 Å². The molecule has 1 aliphatic carbocycles. The van der Waals surface area contributed by atoms with Crippen molar-refractivity contribution in [3.05, 3.63) is 28.7 Å². The summed E-state index contributed by atoms with van der Waals surface area (Å²) in [5.74, 6) is 1.37. The number of amides is 1. The normalized spacial score (nSPS) is 22.4. The predicted octanol–water partition coefficient (Wildman–Crippen LogP) is 3.87. The van der Waals surface area contributed by atoms with E-state index in [1.165, 1.54) is 19.3 Å². The lowest BCUT2D eigenvalue weighted by molar-refractivity contribution is -0.135. The Morgan fingerprint density at radius 1 is 1.40 bits per heavy atom. The van der Waals surface area contributed by atoms with Crippen molar-refractivity contribution in [2.45, 2.75) is 38.6 Å². The number of hydrogen-bond donors (Lipinski definition) is 0. The van der Waals surface area contributed by atoms with Crippen molar-refractivity contribution in [2.75, 3.05) is 13.7 Å². The van der Waals surface area contributed by atoms with Crippen molar-refractivity contribution in [3.63, 3.8) is 0 Å². The molecule has 1 amide bonds. The second kappa shape index (κ2) is 7.11. The minimum Gasteiger partial charge on any atom is -0.484 e. The molecule has 1 fully saturated rings. The van der Waals surface area contributed by atoms with Gasteiger partial charge in [0.2, 0.25) is 0 Å². The van der Waals surface area contributed by atoms with Crippen LogP contribution in [0.25, 0.3) is 0 Å². The minimum absolute atomic E-state index is 0.0590. The van der Waals surface area contributed by atoms with Crippen LogP contribution in [0.3, 0.4) is 0 Å². The third kappa shape index (κ3) is 3.98. The molecule has 4 heteroatoms. The van der Waals surface area contributed by atoms with E-state index in [1.807, 2.05) is 36.2 Å². The van der Waals surface area contributed by atoms with Crippen LogP contribution in [0.4, 0.5) is 0 Å². The average Bonchev–Trinajstić information content (AvgIpc) is 2.44. The van der Waals surface area contributed by atoms with E-state index >= 15 is 0 Å². The summed E-state index contributed by atoms with van der Waals surface area (Å²) in [7, 11) is 1.90. The number of carbonyl (C=O) groups excluding carboxylic acids is 1. The van der Waals surface area contributed by atoms with Crippen LogP contribution in [0.1, 0.15) is 32.6 Å². The number of nitrogens with zero attached hydrogens (tertiary/aromatic N) is 1. The monoisotopic (exact) mass is 339 g/mol. The molecule has 1 aliphatic rings. The maximum absolute atomic E-state index is 12.2. The summed E-state index contributed by atoms with van der Waals surface area (Å²) in [4.78, 5) is 14.1. The van der Waals surface area contributed by atoms with Crippen LogP contribution in [0.5, 0.6) is 5.75 Å². The molecule has 20 heavy (non-hydrogen) atoms. The van der Waals surface area contributed by atoms with Gasteiger partial charge in [-0.1, -0.05) is 41.8 Å². The van der Waals surface area contributed by atoms with Crippen LogP contribution < -0.4 is 4.74 Å². The first-order chi connectivity index (χ1) is 9.58. The van der Waals surface area contributed by atoms with E-state index in [-0.39, 0.29) is 12.5 Å². The van der Waals surface area contributed by atoms with Gasteiger partial charge in [-0.2, -0.15) is 0 Å². The predicted molar refractivity (Wildman–Crippen MR) is 83.8 cm³/mol. The number of ether oxygens (including phenoxy) is 1. The van der Waals surface area contributed by atoms with Crippen LogP contribution in [-0.4, -0.2) is 30.5 Å². The Balaban J connectivity index is 1.87. The molecule has 2 atom stereocenters. The van der Waals surface area contributed by atoms with Crippen molar-refractivity contribution in [1.29, 1.82) is 0 Å². The number of halogens is 1. The Morgan fingerprint density at radius 2 is 2.15 bits per heavy atom. The zero-order chi connectivity index (χ0) is 14.5. The minimum atomic E-state index is 0.0590. The van der Waals surface area contributed by atoms with Crippen LogP contribution in [0.15, 0.2) is 28.7 Å². The summed E-state index contributed by atoms with van der Waals surface area (Å²) in [6.07, 6.45) is 4.84. The van der Waals surface area contributed by atoms with E-state index in [1.54, 1.807) is 0 Å². The maximum atomic E-state index is 12.2. The molecule has 2 unspecified atom stereocenters. The average molecular weight is 340 g/mol. The van der Waals surface area contributed by atoms with Gasteiger partial charge in [0.1, 0.15) is 5.75 Å². The molecule has 1 aromatic carbocycles. The van der Waals surface area contributed by atoms with Gasteiger partial charge in [0.15, 0.2) is 6.61 Å². The molecule has 0 N–H and O–H groups in total. The zero-order valence-corrected chi connectivity index (χ0v) is 13.7. The fourth-order valence-corrected chi connectivity index (χ4v) is 3.24. The maximum Gasteiger partial charge on any atom is 0.260 e. The number of likely N-dealkylation sites (N-methyl/N-ethyl adjacent to an activating group) is 1. The molecule has 2 rings (SSSR count). The first-order valence-corrected chi connectivity index (χ1v) is 8.01. The third-order valence-corrected chi connectivity index (χ3v) is 4.61. The highest BCUT2D eigenvalue weighted by Gasteiger charge is 2.27. The summed E-state index contributed by atoms with van der Waals surface area (Å²) in [6.45, 7) is 2.35. The lowest BCUT2D eigenvalue weighted by Crippen LogP contribution is -2.44. The van der Waals surface area contributed by atoms with Gasteiger partial charge in [0.05, 0.1) is 0 Å². The second-order valence-corrected chi connectivity index (χ2v) is 6.50. The molecule has 3 nitrogen and oxygen atoms in total. The fraction of sp³-hybridized carbons (Fsp3) is 0.562. The van der Waals surface area contributed by atoms with Crippen molar-refractivity contribution in [2.24, 2.45) is 5.92 Å². The summed E-state index contributed by atoms with van der Waals surface area (Å²) >= 11 is 3.39. The second-order valence-electron chi connectivity index (χ2n) is 5.58. The summed E-state index contributed by atoms with van der Waals surface area (Å²) in [5.41, 5.74) is 0. The van der Waals surface area contributed by atoms with E-state index in [0.29, 0.717) is 12.0 Å². The molecule has 0 saturated heterocycles. The summed E-state index contributed by atoms with van der Waals surface area (Å²) in [5, 5.41) is 0. The Labute approximate surface area is 129 Å². The largest absolute Gasteiger partial charge is 0.484 e. The number of benzene rings is 1. The highest BCUT2D eigenvalue weighted by molar-refractivity contribution is 9.10. The third-order valence-electron chi connectivity index (χ3n) is 4.12. The Kier molecular flexibility index (Phi) is 5.46. The molecule has 0 aromatic heterocycles. The first kappa shape index (κ1) is 15.4. The van der Waals surface area contributed by atoms with E-state index < -0.39 is 0 Å². The van der Waals surface area contributed by atoms with Gasteiger partial charge in [0, 0.05) is 17.6 Å². The highest BCUT2D eigenvalue weighted by atomic mass is 79.9. The Bertz CT molecular complexity index is 464. The van der Waals surface area contributed by atoms with E-state index in [2.05, 4.69) is 22.9 Å². The smallest absolute Gasteiger partial charge is 0.260 e. The van der Waals surface area contributed by atoms with E-state index in [0.717, 1.165) is 16.6 Å². The summed E-state index contributed by atoms with van der Waals surface area (Å²) in [6, 6.07) is 7.93. The molecule has 1 aromatic rings. The molecule has 0 bridgehead atoms. The quantitative estimate of drug-likeness (QED) is 0.833. The molecule has 0 heterocycles. The SMILES string of the molecule is CC1CCCCC1N(C)C(=O)COc1cccc(Br)c1.